The number of ether oxygens (including phenoxy) is 1. The SMILES string of the molecule is COC(=O)c1ccc(Cn2cc(O)cn2)cc1. The first-order chi connectivity index (χ1) is 8.19. The van der Waals surface area contributed by atoms with Crippen LogP contribution in [0.1, 0.15) is 15.9 Å². The average molecular weight is 232 g/mol. The number of carbonyl (C=O) groups is 1. The highest BCUT2D eigenvalue weighted by Crippen LogP contribution is 2.09. The Morgan fingerprint density at radius 1 is 1.41 bits per heavy atom. The monoisotopic (exact) mass is 232 g/mol. The van der Waals surface area contributed by atoms with E-state index in [4.69, 9.17) is 5.11 Å². The van der Waals surface area contributed by atoms with Crippen LogP contribution in [0.15, 0.2) is 36.7 Å². The minimum Gasteiger partial charge on any atom is -0.505 e. The Balaban J connectivity index is 2.10. The summed E-state index contributed by atoms with van der Waals surface area (Å²) in [5.41, 5.74) is 1.50. The van der Waals surface area contributed by atoms with Crippen molar-refractivity contribution in [2.45, 2.75) is 6.54 Å². The van der Waals surface area contributed by atoms with Crippen LogP contribution in [0.25, 0.3) is 0 Å². The molecule has 88 valence electrons. The largest absolute Gasteiger partial charge is 0.505 e. The van der Waals surface area contributed by atoms with Gasteiger partial charge in [-0.15, -0.1) is 0 Å². The van der Waals surface area contributed by atoms with Crippen molar-refractivity contribution in [2.75, 3.05) is 7.11 Å². The van der Waals surface area contributed by atoms with Crippen molar-refractivity contribution in [2.24, 2.45) is 0 Å². The van der Waals surface area contributed by atoms with E-state index < -0.39 is 0 Å². The molecule has 5 heteroatoms. The minimum atomic E-state index is -0.353. The smallest absolute Gasteiger partial charge is 0.337 e. The lowest BCUT2D eigenvalue weighted by Gasteiger charge is -2.03. The van der Waals surface area contributed by atoms with Gasteiger partial charge in [0, 0.05) is 0 Å². The number of methoxy groups -OCH3 is 1. The molecule has 0 radical (unpaired) electrons. The van der Waals surface area contributed by atoms with Gasteiger partial charge in [0.2, 0.25) is 0 Å². The highest BCUT2D eigenvalue weighted by molar-refractivity contribution is 5.89. The number of nitrogens with zero attached hydrogens (tertiary/aromatic N) is 2. The van der Waals surface area contributed by atoms with Gasteiger partial charge < -0.3 is 9.84 Å². The summed E-state index contributed by atoms with van der Waals surface area (Å²) in [5.74, 6) is -0.218. The third-order valence-electron chi connectivity index (χ3n) is 2.34. The van der Waals surface area contributed by atoms with E-state index in [9.17, 15) is 4.79 Å². The normalized spacial score (nSPS) is 10.2. The topological polar surface area (TPSA) is 64.3 Å². The molecule has 0 unspecified atom stereocenters. The number of hydrogen-bond donors (Lipinski definition) is 1. The van der Waals surface area contributed by atoms with Crippen molar-refractivity contribution in [1.82, 2.24) is 9.78 Å². The fourth-order valence-electron chi connectivity index (χ4n) is 1.49. The molecule has 0 amide bonds. The molecule has 1 N–H and O–H groups in total. The predicted molar refractivity (Wildman–Crippen MR) is 60.8 cm³/mol. The second kappa shape index (κ2) is 4.69. The lowest BCUT2D eigenvalue weighted by molar-refractivity contribution is 0.0600. The zero-order valence-electron chi connectivity index (χ0n) is 9.33. The molecular weight excluding hydrogens is 220 g/mol. The van der Waals surface area contributed by atoms with E-state index in [0.29, 0.717) is 12.1 Å². The van der Waals surface area contributed by atoms with Gasteiger partial charge in [0.15, 0.2) is 5.75 Å². The molecule has 0 spiro atoms. The number of esters is 1. The zero-order chi connectivity index (χ0) is 12.3. The standard InChI is InChI=1S/C12H12N2O3/c1-17-12(16)10-4-2-9(3-5-10)7-14-8-11(15)6-13-14/h2-6,8,15H,7H2,1H3. The van der Waals surface area contributed by atoms with Gasteiger partial charge in [-0.05, 0) is 17.7 Å². The number of hydrogen-bond acceptors (Lipinski definition) is 4. The quantitative estimate of drug-likeness (QED) is 0.813. The van der Waals surface area contributed by atoms with Gasteiger partial charge in [-0.1, -0.05) is 12.1 Å². The van der Waals surface area contributed by atoms with E-state index in [1.807, 2.05) is 12.1 Å². The molecule has 0 aliphatic rings. The van der Waals surface area contributed by atoms with E-state index in [2.05, 4.69) is 9.84 Å². The zero-order valence-corrected chi connectivity index (χ0v) is 9.33. The van der Waals surface area contributed by atoms with Crippen molar-refractivity contribution >= 4 is 5.97 Å². The first-order valence-corrected chi connectivity index (χ1v) is 5.07. The van der Waals surface area contributed by atoms with Crippen LogP contribution in [0, 0.1) is 0 Å². The maximum atomic E-state index is 11.2. The lowest BCUT2D eigenvalue weighted by atomic mass is 10.1. The number of aromatic nitrogens is 2. The minimum absolute atomic E-state index is 0.135. The Bertz CT molecular complexity index is 517. The van der Waals surface area contributed by atoms with E-state index in [0.717, 1.165) is 5.56 Å². The second-order valence-electron chi connectivity index (χ2n) is 3.58. The Morgan fingerprint density at radius 3 is 2.65 bits per heavy atom. The number of carbonyl (C=O) groups excluding carboxylic acids is 1. The molecule has 1 aromatic heterocycles. The van der Waals surface area contributed by atoms with E-state index in [-0.39, 0.29) is 11.7 Å². The molecule has 0 bridgehead atoms. The number of rotatable bonds is 3. The lowest BCUT2D eigenvalue weighted by Crippen LogP contribution is -2.03. The fraction of sp³-hybridized carbons (Fsp3) is 0.167. The van der Waals surface area contributed by atoms with Crippen molar-refractivity contribution < 1.29 is 14.6 Å². The highest BCUT2D eigenvalue weighted by Gasteiger charge is 2.04. The number of aromatic hydroxyl groups is 1. The maximum absolute atomic E-state index is 11.2. The molecule has 17 heavy (non-hydrogen) atoms. The maximum Gasteiger partial charge on any atom is 0.337 e. The van der Waals surface area contributed by atoms with Crippen LogP contribution in [0.5, 0.6) is 5.75 Å². The van der Waals surface area contributed by atoms with Crippen molar-refractivity contribution in [3.63, 3.8) is 0 Å². The van der Waals surface area contributed by atoms with E-state index >= 15 is 0 Å². The molecule has 1 heterocycles. The molecule has 0 aliphatic heterocycles. The Hall–Kier alpha value is -2.30. The number of benzene rings is 1. The highest BCUT2D eigenvalue weighted by atomic mass is 16.5. The summed E-state index contributed by atoms with van der Waals surface area (Å²) in [4.78, 5) is 11.2. The van der Waals surface area contributed by atoms with Gasteiger partial charge in [-0.2, -0.15) is 5.10 Å². The molecule has 1 aromatic carbocycles. The van der Waals surface area contributed by atoms with Gasteiger partial charge in [0.05, 0.1) is 31.6 Å². The summed E-state index contributed by atoms with van der Waals surface area (Å²) in [5, 5.41) is 13.1. The average Bonchev–Trinajstić information content (AvgIpc) is 2.75. The first kappa shape index (κ1) is 11.2. The third kappa shape index (κ3) is 2.63. The molecule has 0 saturated carbocycles. The van der Waals surface area contributed by atoms with Gasteiger partial charge >= 0.3 is 5.97 Å². The molecule has 2 rings (SSSR count). The summed E-state index contributed by atoms with van der Waals surface area (Å²) in [7, 11) is 1.35. The molecule has 0 fully saturated rings. The molecule has 0 atom stereocenters. The second-order valence-corrected chi connectivity index (χ2v) is 3.58. The summed E-state index contributed by atoms with van der Waals surface area (Å²) in [6, 6.07) is 7.05. The van der Waals surface area contributed by atoms with E-state index in [1.165, 1.54) is 19.5 Å². The van der Waals surface area contributed by atoms with Crippen LogP contribution in [0.2, 0.25) is 0 Å². The van der Waals surface area contributed by atoms with E-state index in [1.54, 1.807) is 16.8 Å². The van der Waals surface area contributed by atoms with Gasteiger partial charge in [-0.3, -0.25) is 4.68 Å². The fourth-order valence-corrected chi connectivity index (χ4v) is 1.49. The molecule has 0 aliphatic carbocycles. The van der Waals surface area contributed by atoms with Crippen molar-refractivity contribution in [1.29, 1.82) is 0 Å². The van der Waals surface area contributed by atoms with Crippen LogP contribution in [-0.2, 0) is 11.3 Å². The summed E-state index contributed by atoms with van der Waals surface area (Å²) in [6.45, 7) is 0.544. The molecular formula is C12H12N2O3. The third-order valence-corrected chi connectivity index (χ3v) is 2.34. The Labute approximate surface area is 98.3 Å². The summed E-state index contributed by atoms with van der Waals surface area (Å²) < 4.78 is 6.22. The molecule has 5 nitrogen and oxygen atoms in total. The van der Waals surface area contributed by atoms with Crippen molar-refractivity contribution in [3.05, 3.63) is 47.8 Å². The summed E-state index contributed by atoms with van der Waals surface area (Å²) >= 11 is 0. The molecule has 0 saturated heterocycles. The van der Waals surface area contributed by atoms with Crippen LogP contribution in [0.3, 0.4) is 0 Å². The van der Waals surface area contributed by atoms with Crippen LogP contribution < -0.4 is 0 Å². The predicted octanol–water partition coefficient (Wildman–Crippen LogP) is 1.42. The van der Waals surface area contributed by atoms with Crippen LogP contribution >= 0.6 is 0 Å². The Kier molecular flexibility index (Phi) is 3.09. The summed E-state index contributed by atoms with van der Waals surface area (Å²) in [6.07, 6.45) is 2.91. The van der Waals surface area contributed by atoms with Crippen molar-refractivity contribution in [3.8, 4) is 5.75 Å². The van der Waals surface area contributed by atoms with Gasteiger partial charge in [-0.25, -0.2) is 4.79 Å². The van der Waals surface area contributed by atoms with Gasteiger partial charge in [0.1, 0.15) is 0 Å². The first-order valence-electron chi connectivity index (χ1n) is 5.07. The van der Waals surface area contributed by atoms with Crippen LogP contribution in [-0.4, -0.2) is 28.0 Å². The van der Waals surface area contributed by atoms with Gasteiger partial charge in [0.25, 0.3) is 0 Å². The molecule has 2 aromatic rings. The Morgan fingerprint density at radius 2 is 2.12 bits per heavy atom. The van der Waals surface area contributed by atoms with Crippen LogP contribution in [0.4, 0.5) is 0 Å².